The third-order valence-electron chi connectivity index (χ3n) is 2.80. The smallest absolute Gasteiger partial charge is 0.335 e. The van der Waals surface area contributed by atoms with E-state index in [0.29, 0.717) is 0 Å². The molecule has 0 unspecified atom stereocenters. The number of nitrogens with zero attached hydrogens (tertiary/aromatic N) is 2. The van der Waals surface area contributed by atoms with Gasteiger partial charge in [-0.2, -0.15) is 5.10 Å². The van der Waals surface area contributed by atoms with Gasteiger partial charge in [-0.25, -0.2) is 4.79 Å². The molecule has 1 aromatic carbocycles. The van der Waals surface area contributed by atoms with Gasteiger partial charge in [0.25, 0.3) is 5.91 Å². The molecule has 0 radical (unpaired) electrons. The van der Waals surface area contributed by atoms with Crippen LogP contribution in [0.4, 0.5) is 0 Å². The first-order valence-electron chi connectivity index (χ1n) is 6.12. The topological polar surface area (TPSA) is 101 Å². The van der Waals surface area contributed by atoms with Gasteiger partial charge in [0.2, 0.25) is 5.78 Å². The van der Waals surface area contributed by atoms with Gasteiger partial charge < -0.3 is 10.4 Å². The van der Waals surface area contributed by atoms with Crippen LogP contribution in [-0.4, -0.2) is 39.1 Å². The Morgan fingerprint density at radius 3 is 2.29 bits per heavy atom. The van der Waals surface area contributed by atoms with Crippen molar-refractivity contribution in [2.24, 2.45) is 7.05 Å². The van der Waals surface area contributed by atoms with Gasteiger partial charge in [0.15, 0.2) is 0 Å². The van der Waals surface area contributed by atoms with Crippen molar-refractivity contribution in [2.45, 2.75) is 0 Å². The maximum Gasteiger partial charge on any atom is 0.335 e. The second kappa shape index (κ2) is 6.00. The average Bonchev–Trinajstić information content (AvgIpc) is 2.91. The van der Waals surface area contributed by atoms with Crippen LogP contribution in [0.2, 0.25) is 0 Å². The lowest BCUT2D eigenvalue weighted by molar-refractivity contribution is 0.0696. The van der Waals surface area contributed by atoms with Gasteiger partial charge in [0.05, 0.1) is 12.1 Å². The van der Waals surface area contributed by atoms with Crippen LogP contribution in [0.3, 0.4) is 0 Å². The second-order valence-electron chi connectivity index (χ2n) is 4.36. The molecule has 1 amide bonds. The molecule has 0 spiro atoms. The lowest BCUT2D eigenvalue weighted by Gasteiger charge is -2.04. The summed E-state index contributed by atoms with van der Waals surface area (Å²) in [5.41, 5.74) is 0.656. The average molecular weight is 287 g/mol. The van der Waals surface area contributed by atoms with Crippen molar-refractivity contribution in [2.75, 3.05) is 6.54 Å². The zero-order valence-electron chi connectivity index (χ0n) is 11.2. The highest BCUT2D eigenvalue weighted by Crippen LogP contribution is 2.04. The van der Waals surface area contributed by atoms with E-state index < -0.39 is 11.9 Å². The zero-order valence-corrected chi connectivity index (χ0v) is 11.2. The first-order valence-corrected chi connectivity index (χ1v) is 6.12. The maximum atomic E-state index is 11.8. The van der Waals surface area contributed by atoms with E-state index in [2.05, 4.69) is 10.4 Å². The van der Waals surface area contributed by atoms with E-state index in [4.69, 9.17) is 5.11 Å². The predicted octanol–water partition coefficient (Wildman–Crippen LogP) is 0.731. The first-order chi connectivity index (χ1) is 9.97. The summed E-state index contributed by atoms with van der Waals surface area (Å²) in [6.07, 6.45) is 1.64. The fourth-order valence-electron chi connectivity index (χ4n) is 1.68. The summed E-state index contributed by atoms with van der Waals surface area (Å²) in [5, 5.41) is 15.2. The Labute approximate surface area is 120 Å². The number of carboxylic acids is 1. The molecule has 0 atom stereocenters. The van der Waals surface area contributed by atoms with Crippen LogP contribution in [0.5, 0.6) is 0 Å². The SMILES string of the molecule is Cn1ccc(C(=O)CNC(=O)c2ccc(C(=O)O)cc2)n1. The highest BCUT2D eigenvalue weighted by Gasteiger charge is 2.12. The number of carbonyl (C=O) groups excluding carboxylic acids is 2. The van der Waals surface area contributed by atoms with Crippen LogP contribution in [0.1, 0.15) is 31.2 Å². The number of Topliss-reactive ketones (excluding diaryl/α,β-unsaturated/α-hetero) is 1. The van der Waals surface area contributed by atoms with E-state index in [9.17, 15) is 14.4 Å². The molecule has 21 heavy (non-hydrogen) atoms. The molecule has 0 saturated heterocycles. The van der Waals surface area contributed by atoms with Crippen molar-refractivity contribution in [3.8, 4) is 0 Å². The Morgan fingerprint density at radius 1 is 1.14 bits per heavy atom. The number of aryl methyl sites for hydroxylation is 1. The minimum absolute atomic E-state index is 0.0936. The third kappa shape index (κ3) is 3.53. The Morgan fingerprint density at radius 2 is 1.76 bits per heavy atom. The maximum absolute atomic E-state index is 11.8. The van der Waals surface area contributed by atoms with Gasteiger partial charge in [-0.1, -0.05) is 0 Å². The highest BCUT2D eigenvalue weighted by atomic mass is 16.4. The molecule has 0 bridgehead atoms. The normalized spacial score (nSPS) is 10.1. The van der Waals surface area contributed by atoms with E-state index >= 15 is 0 Å². The number of carbonyl (C=O) groups is 3. The number of ketones is 1. The molecular weight excluding hydrogens is 274 g/mol. The molecule has 0 aliphatic rings. The van der Waals surface area contributed by atoms with Crippen LogP contribution in [0.15, 0.2) is 36.5 Å². The fourth-order valence-corrected chi connectivity index (χ4v) is 1.68. The molecule has 7 heteroatoms. The summed E-state index contributed by atoms with van der Waals surface area (Å²) in [6, 6.07) is 7.01. The molecule has 108 valence electrons. The number of aromatic carboxylic acids is 1. The van der Waals surface area contributed by atoms with Crippen molar-refractivity contribution in [1.29, 1.82) is 0 Å². The van der Waals surface area contributed by atoms with E-state index in [1.165, 1.54) is 28.9 Å². The van der Waals surface area contributed by atoms with Crippen molar-refractivity contribution >= 4 is 17.7 Å². The van der Waals surface area contributed by atoms with E-state index in [1.54, 1.807) is 19.3 Å². The van der Waals surface area contributed by atoms with E-state index in [-0.39, 0.29) is 29.1 Å². The summed E-state index contributed by atoms with van der Waals surface area (Å²) < 4.78 is 1.50. The Kier molecular flexibility index (Phi) is 4.13. The zero-order chi connectivity index (χ0) is 15.4. The number of carboxylic acid groups (broad SMARTS) is 1. The monoisotopic (exact) mass is 287 g/mol. The number of aromatic nitrogens is 2. The largest absolute Gasteiger partial charge is 0.478 e. The molecule has 1 heterocycles. The number of rotatable bonds is 5. The highest BCUT2D eigenvalue weighted by molar-refractivity contribution is 6.01. The summed E-state index contributed by atoms with van der Waals surface area (Å²) in [6.45, 7) is -0.170. The number of nitrogens with one attached hydrogen (secondary N) is 1. The molecule has 1 aromatic heterocycles. The van der Waals surface area contributed by atoms with Crippen molar-refractivity contribution < 1.29 is 19.5 Å². The molecule has 0 fully saturated rings. The van der Waals surface area contributed by atoms with Gasteiger partial charge >= 0.3 is 5.97 Å². The van der Waals surface area contributed by atoms with E-state index in [0.717, 1.165) is 0 Å². The number of hydrogen-bond acceptors (Lipinski definition) is 4. The number of benzene rings is 1. The van der Waals surface area contributed by atoms with Gasteiger partial charge in [0, 0.05) is 18.8 Å². The standard InChI is InChI=1S/C14H13N3O4/c1-17-7-6-11(16-17)12(18)8-15-13(19)9-2-4-10(5-3-9)14(20)21/h2-7H,8H2,1H3,(H,15,19)(H,20,21). The third-order valence-corrected chi connectivity index (χ3v) is 2.80. The summed E-state index contributed by atoms with van der Waals surface area (Å²) in [4.78, 5) is 34.3. The van der Waals surface area contributed by atoms with Crippen LogP contribution >= 0.6 is 0 Å². The Balaban J connectivity index is 1.95. The Bertz CT molecular complexity index is 688. The fraction of sp³-hybridized carbons (Fsp3) is 0.143. The van der Waals surface area contributed by atoms with Crippen molar-refractivity contribution in [3.05, 3.63) is 53.3 Å². The molecule has 0 aliphatic carbocycles. The molecular formula is C14H13N3O4. The second-order valence-corrected chi connectivity index (χ2v) is 4.36. The lowest BCUT2D eigenvalue weighted by atomic mass is 10.1. The summed E-state index contributed by atoms with van der Waals surface area (Å²) in [5.74, 6) is -1.81. The van der Waals surface area contributed by atoms with E-state index in [1.807, 2.05) is 0 Å². The Hall–Kier alpha value is -2.96. The molecule has 0 aliphatic heterocycles. The van der Waals surface area contributed by atoms with Gasteiger partial charge in [-0.3, -0.25) is 14.3 Å². The van der Waals surface area contributed by atoms with Gasteiger partial charge in [0.1, 0.15) is 5.69 Å². The van der Waals surface area contributed by atoms with Crippen molar-refractivity contribution in [1.82, 2.24) is 15.1 Å². The van der Waals surface area contributed by atoms with Crippen LogP contribution < -0.4 is 5.32 Å². The minimum Gasteiger partial charge on any atom is -0.478 e. The van der Waals surface area contributed by atoms with Crippen molar-refractivity contribution in [3.63, 3.8) is 0 Å². The first kappa shape index (κ1) is 14.4. The molecule has 2 N–H and O–H groups in total. The lowest BCUT2D eigenvalue weighted by Crippen LogP contribution is -2.29. The molecule has 0 saturated carbocycles. The van der Waals surface area contributed by atoms with Crippen LogP contribution in [0, 0.1) is 0 Å². The van der Waals surface area contributed by atoms with Gasteiger partial charge in [-0.05, 0) is 30.3 Å². The van der Waals surface area contributed by atoms with Crippen LogP contribution in [-0.2, 0) is 7.05 Å². The minimum atomic E-state index is -1.06. The molecule has 2 rings (SSSR count). The number of hydrogen-bond donors (Lipinski definition) is 2. The quantitative estimate of drug-likeness (QED) is 0.789. The summed E-state index contributed by atoms with van der Waals surface area (Å²) >= 11 is 0. The summed E-state index contributed by atoms with van der Waals surface area (Å²) in [7, 11) is 1.69. The van der Waals surface area contributed by atoms with Gasteiger partial charge in [-0.15, -0.1) is 0 Å². The predicted molar refractivity (Wildman–Crippen MR) is 73.3 cm³/mol. The molecule has 2 aromatic rings. The number of amides is 1. The van der Waals surface area contributed by atoms with Crippen LogP contribution in [0.25, 0.3) is 0 Å². The molecule has 7 nitrogen and oxygen atoms in total.